The second-order valence-corrected chi connectivity index (χ2v) is 6.10. The number of aliphatic hydroxyl groups is 1. The first kappa shape index (κ1) is 11.2. The number of rotatable bonds is 3. The largest absolute Gasteiger partial charge is 0.382 e. The maximum Gasteiger partial charge on any atom is 0.120 e. The number of thiazole rings is 1. The van der Waals surface area contributed by atoms with Crippen LogP contribution in [0.4, 0.5) is 0 Å². The molecule has 0 bridgehead atoms. The van der Waals surface area contributed by atoms with E-state index >= 15 is 0 Å². The highest BCUT2D eigenvalue weighted by Gasteiger charge is 2.32. The van der Waals surface area contributed by atoms with Crippen LogP contribution in [0.25, 0.3) is 4.83 Å². The first-order chi connectivity index (χ1) is 9.34. The Morgan fingerprint density at radius 1 is 1.26 bits per heavy atom. The Bertz CT molecular complexity index is 712. The molecule has 1 aliphatic carbocycles. The molecule has 1 N–H and O–H groups in total. The lowest BCUT2D eigenvalue weighted by Gasteiger charge is -2.12. The summed E-state index contributed by atoms with van der Waals surface area (Å²) in [6, 6.07) is 9.85. The van der Waals surface area contributed by atoms with Gasteiger partial charge in [-0.15, -0.1) is 11.3 Å². The molecule has 0 spiro atoms. The molecule has 4 heteroatoms. The minimum atomic E-state index is -0.570. The molecule has 0 saturated heterocycles. The fraction of sp³-hybridized carbons (Fsp3) is 0.267. The fourth-order valence-corrected chi connectivity index (χ4v) is 3.82. The number of benzene rings is 1. The standard InChI is InChI=1S/C15H14N2OS/c18-14(10-4-2-1-3-5-10)13-15(11-6-7-11)19-12-8-16-9-17(12)13/h1-5,8-9,11,14,18H,6-7H2. The lowest BCUT2D eigenvalue weighted by Crippen LogP contribution is -2.05. The van der Waals surface area contributed by atoms with Crippen molar-refractivity contribution in [3.05, 3.63) is 59.0 Å². The van der Waals surface area contributed by atoms with E-state index in [-0.39, 0.29) is 0 Å². The van der Waals surface area contributed by atoms with Crippen molar-refractivity contribution in [2.75, 3.05) is 0 Å². The monoisotopic (exact) mass is 270 g/mol. The van der Waals surface area contributed by atoms with Crippen LogP contribution in [0.1, 0.15) is 41.0 Å². The zero-order chi connectivity index (χ0) is 12.8. The highest BCUT2D eigenvalue weighted by atomic mass is 32.1. The zero-order valence-corrected chi connectivity index (χ0v) is 11.2. The van der Waals surface area contributed by atoms with E-state index in [2.05, 4.69) is 4.98 Å². The molecule has 1 atom stereocenters. The molecule has 1 aromatic carbocycles. The lowest BCUT2D eigenvalue weighted by atomic mass is 10.0. The van der Waals surface area contributed by atoms with Crippen LogP contribution >= 0.6 is 11.3 Å². The van der Waals surface area contributed by atoms with Crippen LogP contribution in [-0.4, -0.2) is 14.5 Å². The van der Waals surface area contributed by atoms with E-state index in [1.165, 1.54) is 17.7 Å². The van der Waals surface area contributed by atoms with Crippen molar-refractivity contribution in [2.45, 2.75) is 24.9 Å². The van der Waals surface area contributed by atoms with Gasteiger partial charge in [-0.05, 0) is 24.3 Å². The number of imidazole rings is 1. The Hall–Kier alpha value is -1.65. The number of hydrogen-bond donors (Lipinski definition) is 1. The van der Waals surface area contributed by atoms with E-state index in [0.29, 0.717) is 5.92 Å². The number of aliphatic hydroxyl groups excluding tert-OH is 1. The summed E-state index contributed by atoms with van der Waals surface area (Å²) >= 11 is 1.76. The van der Waals surface area contributed by atoms with Gasteiger partial charge < -0.3 is 5.11 Å². The summed E-state index contributed by atoms with van der Waals surface area (Å²) in [7, 11) is 0. The normalized spacial score (nSPS) is 16.9. The molecule has 3 aromatic rings. The molecule has 0 aliphatic heterocycles. The van der Waals surface area contributed by atoms with Gasteiger partial charge in [0.15, 0.2) is 0 Å². The maximum atomic E-state index is 10.7. The Morgan fingerprint density at radius 2 is 2.05 bits per heavy atom. The van der Waals surface area contributed by atoms with Crippen LogP contribution in [0.3, 0.4) is 0 Å². The molecule has 1 saturated carbocycles. The summed E-state index contributed by atoms with van der Waals surface area (Å²) in [6.07, 6.45) is 5.59. The summed E-state index contributed by atoms with van der Waals surface area (Å²) in [5.41, 5.74) is 1.95. The predicted octanol–water partition coefficient (Wildman–Crippen LogP) is 3.35. The molecule has 1 fully saturated rings. The van der Waals surface area contributed by atoms with E-state index in [9.17, 15) is 5.11 Å². The van der Waals surface area contributed by atoms with Gasteiger partial charge in [0.2, 0.25) is 0 Å². The van der Waals surface area contributed by atoms with Gasteiger partial charge in [-0.25, -0.2) is 4.98 Å². The predicted molar refractivity (Wildman–Crippen MR) is 75.5 cm³/mol. The number of fused-ring (bicyclic) bond motifs is 1. The van der Waals surface area contributed by atoms with Gasteiger partial charge in [0.1, 0.15) is 17.3 Å². The third-order valence-electron chi connectivity index (χ3n) is 3.65. The highest BCUT2D eigenvalue weighted by Crippen LogP contribution is 2.47. The van der Waals surface area contributed by atoms with Gasteiger partial charge in [-0.1, -0.05) is 30.3 Å². The summed E-state index contributed by atoms with van der Waals surface area (Å²) in [5.74, 6) is 0.637. The molecule has 96 valence electrons. The van der Waals surface area contributed by atoms with Crippen molar-refractivity contribution in [1.82, 2.24) is 9.38 Å². The van der Waals surface area contributed by atoms with Gasteiger partial charge in [-0.3, -0.25) is 4.40 Å². The maximum absolute atomic E-state index is 10.7. The molecule has 2 heterocycles. The molecular formula is C15H14N2OS. The second kappa shape index (κ2) is 4.18. The van der Waals surface area contributed by atoms with E-state index in [0.717, 1.165) is 16.1 Å². The van der Waals surface area contributed by atoms with Crippen molar-refractivity contribution in [1.29, 1.82) is 0 Å². The van der Waals surface area contributed by atoms with Crippen LogP contribution in [0.5, 0.6) is 0 Å². The van der Waals surface area contributed by atoms with Crippen LogP contribution < -0.4 is 0 Å². The van der Waals surface area contributed by atoms with Crippen molar-refractivity contribution >= 4 is 16.2 Å². The minimum absolute atomic E-state index is 0.570. The summed E-state index contributed by atoms with van der Waals surface area (Å²) in [5, 5.41) is 10.7. The van der Waals surface area contributed by atoms with Crippen molar-refractivity contribution in [3.8, 4) is 0 Å². The summed E-state index contributed by atoms with van der Waals surface area (Å²) in [4.78, 5) is 6.63. The fourth-order valence-electron chi connectivity index (χ4n) is 2.52. The first-order valence-corrected chi connectivity index (χ1v) is 7.34. The molecule has 3 nitrogen and oxygen atoms in total. The minimum Gasteiger partial charge on any atom is -0.382 e. The van der Waals surface area contributed by atoms with E-state index < -0.39 is 6.10 Å². The van der Waals surface area contributed by atoms with E-state index in [4.69, 9.17) is 0 Å². The van der Waals surface area contributed by atoms with E-state index in [1.54, 1.807) is 17.7 Å². The quantitative estimate of drug-likeness (QED) is 0.792. The Kier molecular flexibility index (Phi) is 2.47. The van der Waals surface area contributed by atoms with Crippen LogP contribution in [-0.2, 0) is 0 Å². The van der Waals surface area contributed by atoms with Crippen LogP contribution in [0.2, 0.25) is 0 Å². The Morgan fingerprint density at radius 3 is 2.79 bits per heavy atom. The molecule has 0 amide bonds. The molecular weight excluding hydrogens is 256 g/mol. The average molecular weight is 270 g/mol. The first-order valence-electron chi connectivity index (χ1n) is 6.52. The average Bonchev–Trinajstić information content (AvgIpc) is 3.08. The van der Waals surface area contributed by atoms with Gasteiger partial charge in [-0.2, -0.15) is 0 Å². The molecule has 1 unspecified atom stereocenters. The van der Waals surface area contributed by atoms with Crippen molar-refractivity contribution in [3.63, 3.8) is 0 Å². The van der Waals surface area contributed by atoms with E-state index in [1.807, 2.05) is 40.9 Å². The highest BCUT2D eigenvalue weighted by molar-refractivity contribution is 7.17. The lowest BCUT2D eigenvalue weighted by molar-refractivity contribution is 0.213. The zero-order valence-electron chi connectivity index (χ0n) is 10.4. The van der Waals surface area contributed by atoms with Gasteiger partial charge >= 0.3 is 0 Å². The summed E-state index contributed by atoms with van der Waals surface area (Å²) in [6.45, 7) is 0. The molecule has 1 aliphatic rings. The van der Waals surface area contributed by atoms with Gasteiger partial charge in [0.05, 0.1) is 11.9 Å². The van der Waals surface area contributed by atoms with Gasteiger partial charge in [0.25, 0.3) is 0 Å². The molecule has 4 rings (SSSR count). The Balaban J connectivity index is 1.88. The van der Waals surface area contributed by atoms with Crippen LogP contribution in [0, 0.1) is 0 Å². The molecule has 19 heavy (non-hydrogen) atoms. The van der Waals surface area contributed by atoms with Gasteiger partial charge in [0, 0.05) is 4.88 Å². The topological polar surface area (TPSA) is 37.5 Å². The SMILES string of the molecule is OC(c1ccccc1)c1c(C2CC2)sc2cncn12. The molecule has 2 aromatic heterocycles. The number of nitrogens with zero attached hydrogens (tertiary/aromatic N) is 2. The molecule has 0 radical (unpaired) electrons. The third-order valence-corrected chi connectivity index (χ3v) is 4.93. The third kappa shape index (κ3) is 1.79. The summed E-state index contributed by atoms with van der Waals surface area (Å²) < 4.78 is 2.04. The number of aromatic nitrogens is 2. The van der Waals surface area contributed by atoms with Crippen molar-refractivity contribution < 1.29 is 5.11 Å². The van der Waals surface area contributed by atoms with Crippen molar-refractivity contribution in [2.24, 2.45) is 0 Å². The van der Waals surface area contributed by atoms with Crippen LogP contribution in [0.15, 0.2) is 42.9 Å². The number of hydrogen-bond acceptors (Lipinski definition) is 3. The smallest absolute Gasteiger partial charge is 0.120 e. The second-order valence-electron chi connectivity index (χ2n) is 5.04. The Labute approximate surface area is 115 Å².